The van der Waals surface area contributed by atoms with Crippen molar-refractivity contribution in [2.45, 2.75) is 31.1 Å². The van der Waals surface area contributed by atoms with Crippen molar-refractivity contribution in [3.05, 3.63) is 63.8 Å². The Kier molecular flexibility index (Phi) is 5.75. The molecule has 4 rings (SSSR count). The first-order valence-corrected chi connectivity index (χ1v) is 11.5. The molecule has 0 spiro atoms. The summed E-state index contributed by atoms with van der Waals surface area (Å²) < 4.78 is 26.8. The van der Waals surface area contributed by atoms with Gasteiger partial charge in [0.15, 0.2) is 0 Å². The van der Waals surface area contributed by atoms with Crippen LogP contribution in [-0.4, -0.2) is 41.9 Å². The lowest BCUT2D eigenvalue weighted by Crippen LogP contribution is -2.27. The van der Waals surface area contributed by atoms with Crippen LogP contribution < -0.4 is 5.43 Å². The summed E-state index contributed by atoms with van der Waals surface area (Å²) in [6.45, 7) is 2.95. The van der Waals surface area contributed by atoms with Gasteiger partial charge in [-0.3, -0.25) is 15.5 Å². The number of rotatable bonds is 7. The maximum atomic E-state index is 12.7. The number of nitro benzene ring substituents is 1. The van der Waals surface area contributed by atoms with E-state index in [0.29, 0.717) is 13.1 Å². The minimum absolute atomic E-state index is 0.0839. The molecular formula is C21H23N5O4S. The molecule has 1 aromatic heterocycles. The van der Waals surface area contributed by atoms with Gasteiger partial charge < -0.3 is 4.98 Å². The number of benzene rings is 2. The van der Waals surface area contributed by atoms with Crippen molar-refractivity contribution in [2.75, 3.05) is 18.5 Å². The number of para-hydroxylation sites is 1. The summed E-state index contributed by atoms with van der Waals surface area (Å²) in [5.41, 5.74) is 5.53. The minimum atomic E-state index is -3.74. The van der Waals surface area contributed by atoms with E-state index in [0.717, 1.165) is 41.8 Å². The Morgan fingerprint density at radius 3 is 2.74 bits per heavy atom. The van der Waals surface area contributed by atoms with Gasteiger partial charge in [0, 0.05) is 41.8 Å². The number of nitro groups is 1. The van der Waals surface area contributed by atoms with Crippen molar-refractivity contribution in [1.82, 2.24) is 9.29 Å². The topological polar surface area (TPSA) is 121 Å². The summed E-state index contributed by atoms with van der Waals surface area (Å²) in [5, 5.41) is 16.7. The molecule has 0 bridgehead atoms. The molecule has 10 heteroatoms. The normalized spacial score (nSPS) is 15.1. The molecular weight excluding hydrogens is 418 g/mol. The van der Waals surface area contributed by atoms with Crippen LogP contribution in [0.25, 0.3) is 10.9 Å². The van der Waals surface area contributed by atoms with E-state index in [9.17, 15) is 18.5 Å². The first kappa shape index (κ1) is 21.0. The summed E-state index contributed by atoms with van der Waals surface area (Å²) in [4.78, 5) is 14.1. The Morgan fingerprint density at radius 2 is 2.03 bits per heavy atom. The number of hydrazone groups is 1. The standard InChI is InChI=1S/C21H23N5O4S/c1-2-15-6-5-7-18-16(13-22-21(15)18)14-23-24-19-9-8-17(12-20(19)26(27)28)31(29,30)25-10-3-4-11-25/h5-9,12-14,22,24H,2-4,10-11H2,1H3. The average Bonchev–Trinajstić information content (AvgIpc) is 3.44. The van der Waals surface area contributed by atoms with Crippen LogP contribution in [0.2, 0.25) is 0 Å². The van der Waals surface area contributed by atoms with Gasteiger partial charge in [-0.1, -0.05) is 25.1 Å². The number of nitrogens with one attached hydrogen (secondary N) is 2. The van der Waals surface area contributed by atoms with Crippen LogP contribution in [0.3, 0.4) is 0 Å². The lowest BCUT2D eigenvalue weighted by molar-refractivity contribution is -0.384. The van der Waals surface area contributed by atoms with Crippen molar-refractivity contribution in [3.8, 4) is 0 Å². The summed E-state index contributed by atoms with van der Waals surface area (Å²) in [6, 6.07) is 9.85. The summed E-state index contributed by atoms with van der Waals surface area (Å²) >= 11 is 0. The van der Waals surface area contributed by atoms with Crippen molar-refractivity contribution in [2.24, 2.45) is 5.10 Å². The molecule has 0 amide bonds. The second-order valence-electron chi connectivity index (χ2n) is 7.35. The van der Waals surface area contributed by atoms with Crippen molar-refractivity contribution < 1.29 is 13.3 Å². The summed E-state index contributed by atoms with van der Waals surface area (Å²) in [6.07, 6.45) is 5.89. The van der Waals surface area contributed by atoms with Crippen LogP contribution in [0.4, 0.5) is 11.4 Å². The van der Waals surface area contributed by atoms with Crippen LogP contribution >= 0.6 is 0 Å². The zero-order valence-corrected chi connectivity index (χ0v) is 17.9. The average molecular weight is 442 g/mol. The first-order chi connectivity index (χ1) is 14.9. The predicted molar refractivity (Wildman–Crippen MR) is 120 cm³/mol. The van der Waals surface area contributed by atoms with Crippen LogP contribution in [0.15, 0.2) is 52.6 Å². The Balaban J connectivity index is 1.59. The van der Waals surface area contributed by atoms with E-state index < -0.39 is 14.9 Å². The molecule has 1 aliphatic heterocycles. The molecule has 162 valence electrons. The fraction of sp³-hybridized carbons (Fsp3) is 0.286. The highest BCUT2D eigenvalue weighted by atomic mass is 32.2. The second-order valence-corrected chi connectivity index (χ2v) is 9.29. The van der Waals surface area contributed by atoms with Gasteiger partial charge in [-0.15, -0.1) is 0 Å². The number of hydrogen-bond acceptors (Lipinski definition) is 6. The number of H-pyrrole nitrogens is 1. The highest BCUT2D eigenvalue weighted by molar-refractivity contribution is 7.89. The number of aromatic nitrogens is 1. The third-order valence-corrected chi connectivity index (χ3v) is 7.37. The van der Waals surface area contributed by atoms with Crippen LogP contribution in [0, 0.1) is 10.1 Å². The van der Waals surface area contributed by atoms with E-state index in [1.165, 1.54) is 22.0 Å². The largest absolute Gasteiger partial charge is 0.360 e. The molecule has 1 aliphatic rings. The van der Waals surface area contributed by atoms with E-state index in [2.05, 4.69) is 28.5 Å². The van der Waals surface area contributed by atoms with E-state index in [-0.39, 0.29) is 16.3 Å². The quantitative estimate of drug-likeness (QED) is 0.328. The molecule has 0 saturated carbocycles. The predicted octanol–water partition coefficient (Wildman–Crippen LogP) is 3.87. The number of anilines is 1. The number of nitrogens with zero attached hydrogens (tertiary/aromatic N) is 3. The Bertz CT molecular complexity index is 1260. The van der Waals surface area contributed by atoms with Crippen molar-refractivity contribution in [3.63, 3.8) is 0 Å². The number of hydrogen-bond donors (Lipinski definition) is 2. The maximum Gasteiger partial charge on any atom is 0.295 e. The molecule has 0 radical (unpaired) electrons. The monoisotopic (exact) mass is 441 g/mol. The van der Waals surface area contributed by atoms with Gasteiger partial charge in [0.25, 0.3) is 5.69 Å². The zero-order valence-electron chi connectivity index (χ0n) is 17.0. The summed E-state index contributed by atoms with van der Waals surface area (Å²) in [5.74, 6) is 0. The first-order valence-electron chi connectivity index (χ1n) is 10.1. The van der Waals surface area contributed by atoms with Gasteiger partial charge in [-0.25, -0.2) is 8.42 Å². The maximum absolute atomic E-state index is 12.7. The molecule has 3 aromatic rings. The SMILES string of the molecule is CCc1cccc2c(C=NNc3ccc(S(=O)(=O)N4CCCC4)cc3[N+](=O)[O-])c[nH]c12. The molecule has 0 unspecified atom stereocenters. The number of sulfonamides is 1. The van der Waals surface area contributed by atoms with Crippen molar-refractivity contribution >= 4 is 38.5 Å². The van der Waals surface area contributed by atoms with Gasteiger partial charge in [0.2, 0.25) is 10.0 Å². The van der Waals surface area contributed by atoms with Crippen molar-refractivity contribution in [1.29, 1.82) is 0 Å². The zero-order chi connectivity index (χ0) is 22.0. The molecule has 2 aromatic carbocycles. The van der Waals surface area contributed by atoms with Crippen LogP contribution in [0.5, 0.6) is 0 Å². The van der Waals surface area contributed by atoms with E-state index in [1.54, 1.807) is 6.21 Å². The third-order valence-electron chi connectivity index (χ3n) is 5.47. The molecule has 2 heterocycles. The highest BCUT2D eigenvalue weighted by Crippen LogP contribution is 2.30. The van der Waals surface area contributed by atoms with Crippen LogP contribution in [-0.2, 0) is 16.4 Å². The fourth-order valence-electron chi connectivity index (χ4n) is 3.81. The minimum Gasteiger partial charge on any atom is -0.360 e. The molecule has 1 fully saturated rings. The number of aromatic amines is 1. The van der Waals surface area contributed by atoms with Crippen LogP contribution in [0.1, 0.15) is 30.9 Å². The molecule has 0 aliphatic carbocycles. The lowest BCUT2D eigenvalue weighted by atomic mass is 10.1. The number of fused-ring (bicyclic) bond motifs is 1. The molecule has 9 nitrogen and oxygen atoms in total. The molecule has 0 atom stereocenters. The number of aryl methyl sites for hydroxylation is 1. The molecule has 2 N–H and O–H groups in total. The van der Waals surface area contributed by atoms with E-state index in [1.807, 2.05) is 18.3 Å². The summed E-state index contributed by atoms with van der Waals surface area (Å²) in [7, 11) is -3.74. The second kappa shape index (κ2) is 8.48. The van der Waals surface area contributed by atoms with Gasteiger partial charge in [-0.05, 0) is 37.0 Å². The van der Waals surface area contributed by atoms with Gasteiger partial charge in [0.1, 0.15) is 5.69 Å². The third kappa shape index (κ3) is 4.04. The lowest BCUT2D eigenvalue weighted by Gasteiger charge is -2.15. The van der Waals surface area contributed by atoms with Gasteiger partial charge >= 0.3 is 0 Å². The van der Waals surface area contributed by atoms with Gasteiger partial charge in [-0.2, -0.15) is 9.41 Å². The Morgan fingerprint density at radius 1 is 1.26 bits per heavy atom. The Labute approximate surface area is 180 Å². The molecule has 1 saturated heterocycles. The Hall–Kier alpha value is -3.24. The van der Waals surface area contributed by atoms with Gasteiger partial charge in [0.05, 0.1) is 16.0 Å². The fourth-order valence-corrected chi connectivity index (χ4v) is 5.34. The smallest absolute Gasteiger partial charge is 0.295 e. The molecule has 31 heavy (non-hydrogen) atoms. The van der Waals surface area contributed by atoms with E-state index in [4.69, 9.17) is 0 Å². The highest BCUT2D eigenvalue weighted by Gasteiger charge is 2.29. The van der Waals surface area contributed by atoms with E-state index >= 15 is 0 Å².